The lowest BCUT2D eigenvalue weighted by molar-refractivity contribution is -0.125. The third-order valence-electron chi connectivity index (χ3n) is 5.10. The second kappa shape index (κ2) is 8.10. The lowest BCUT2D eigenvalue weighted by Crippen LogP contribution is -2.40. The number of morpholine rings is 1. The molecule has 2 aliphatic rings. The Morgan fingerprint density at radius 1 is 1.38 bits per heavy atom. The topological polar surface area (TPSA) is 67.6 Å². The van der Waals surface area contributed by atoms with Gasteiger partial charge in [0.05, 0.1) is 18.6 Å². The van der Waals surface area contributed by atoms with Crippen LogP contribution in [0.1, 0.15) is 37.3 Å². The minimum atomic E-state index is -0.0111. The Kier molecular flexibility index (Phi) is 5.87. The molecule has 0 unspecified atom stereocenters. The fraction of sp³-hybridized carbons (Fsp3) is 0.632. The Balaban J connectivity index is 1.52. The first-order valence-electron chi connectivity index (χ1n) is 9.07. The van der Waals surface area contributed by atoms with Gasteiger partial charge < -0.3 is 15.8 Å². The van der Waals surface area contributed by atoms with Gasteiger partial charge in [0.25, 0.3) is 0 Å². The van der Waals surface area contributed by atoms with Gasteiger partial charge in [-0.3, -0.25) is 9.69 Å². The number of amides is 1. The Morgan fingerprint density at radius 2 is 2.21 bits per heavy atom. The molecule has 0 aromatic heterocycles. The summed E-state index contributed by atoms with van der Waals surface area (Å²) in [4.78, 5) is 14.7. The Hall–Kier alpha value is -1.43. The number of ether oxygens (including phenoxy) is 1. The van der Waals surface area contributed by atoms with Gasteiger partial charge in [-0.15, -0.1) is 0 Å². The average molecular weight is 331 g/mol. The number of carbonyl (C=O) groups excluding carboxylic acids is 1. The van der Waals surface area contributed by atoms with Crippen LogP contribution in [0, 0.1) is 5.92 Å². The molecule has 1 aromatic rings. The van der Waals surface area contributed by atoms with Crippen molar-refractivity contribution in [1.82, 2.24) is 10.2 Å². The predicted octanol–water partition coefficient (Wildman–Crippen LogP) is 1.65. The van der Waals surface area contributed by atoms with Crippen LogP contribution >= 0.6 is 0 Å². The molecule has 2 fully saturated rings. The van der Waals surface area contributed by atoms with E-state index in [-0.39, 0.29) is 17.9 Å². The van der Waals surface area contributed by atoms with E-state index < -0.39 is 0 Å². The van der Waals surface area contributed by atoms with Crippen LogP contribution in [0.2, 0.25) is 0 Å². The second-order valence-electron chi connectivity index (χ2n) is 7.16. The number of rotatable bonds is 5. The fourth-order valence-electron chi connectivity index (χ4n) is 3.76. The number of nitrogens with zero attached hydrogens (tertiary/aromatic N) is 1. The number of nitrogens with two attached hydrogens (primary N) is 1. The molecular formula is C19H29N3O2. The molecule has 1 saturated heterocycles. The van der Waals surface area contributed by atoms with E-state index in [4.69, 9.17) is 10.5 Å². The maximum atomic E-state index is 12.3. The summed E-state index contributed by atoms with van der Waals surface area (Å²) in [5, 5.41) is 3.06. The van der Waals surface area contributed by atoms with E-state index in [0.717, 1.165) is 51.1 Å². The molecule has 24 heavy (non-hydrogen) atoms. The minimum Gasteiger partial charge on any atom is -0.376 e. The van der Waals surface area contributed by atoms with Gasteiger partial charge in [0, 0.05) is 32.2 Å². The summed E-state index contributed by atoms with van der Waals surface area (Å²) in [6, 6.07) is 8.51. The van der Waals surface area contributed by atoms with Gasteiger partial charge in [-0.2, -0.15) is 0 Å². The maximum Gasteiger partial charge on any atom is 0.224 e. The van der Waals surface area contributed by atoms with Crippen LogP contribution in [0.25, 0.3) is 0 Å². The highest BCUT2D eigenvalue weighted by molar-refractivity contribution is 5.79. The molecule has 1 aromatic carbocycles. The van der Waals surface area contributed by atoms with Gasteiger partial charge >= 0.3 is 0 Å². The monoisotopic (exact) mass is 331 g/mol. The Bertz CT molecular complexity index is 563. The zero-order valence-corrected chi connectivity index (χ0v) is 14.5. The summed E-state index contributed by atoms with van der Waals surface area (Å²) in [7, 11) is 0. The van der Waals surface area contributed by atoms with E-state index in [1.54, 1.807) is 0 Å². The molecule has 3 N–H and O–H groups in total. The van der Waals surface area contributed by atoms with Crippen molar-refractivity contribution in [1.29, 1.82) is 0 Å². The summed E-state index contributed by atoms with van der Waals surface area (Å²) < 4.78 is 5.59. The molecule has 3 rings (SSSR count). The molecular weight excluding hydrogens is 302 g/mol. The zero-order chi connectivity index (χ0) is 16.9. The Labute approximate surface area is 144 Å². The highest BCUT2D eigenvalue weighted by Crippen LogP contribution is 2.24. The van der Waals surface area contributed by atoms with E-state index in [1.165, 1.54) is 5.56 Å². The highest BCUT2D eigenvalue weighted by atomic mass is 16.5. The predicted molar refractivity (Wildman–Crippen MR) is 94.3 cm³/mol. The van der Waals surface area contributed by atoms with Gasteiger partial charge in [0.2, 0.25) is 5.91 Å². The zero-order valence-electron chi connectivity index (χ0n) is 14.5. The third-order valence-corrected chi connectivity index (χ3v) is 5.10. The van der Waals surface area contributed by atoms with E-state index in [1.807, 2.05) is 0 Å². The largest absolute Gasteiger partial charge is 0.376 e. The van der Waals surface area contributed by atoms with Crippen molar-refractivity contribution in [3.8, 4) is 0 Å². The SMILES string of the molecule is C[C@@H]1CN(Cc2cccc(CNC(=O)[C@H]3CCC[C@H]3N)c2)CCO1. The quantitative estimate of drug-likeness (QED) is 0.861. The van der Waals surface area contributed by atoms with Crippen LogP contribution in [0.5, 0.6) is 0 Å². The van der Waals surface area contributed by atoms with Crippen molar-refractivity contribution in [3.05, 3.63) is 35.4 Å². The van der Waals surface area contributed by atoms with Gasteiger partial charge in [0.15, 0.2) is 0 Å². The molecule has 132 valence electrons. The van der Waals surface area contributed by atoms with Crippen LogP contribution in [0.4, 0.5) is 0 Å². The van der Waals surface area contributed by atoms with Gasteiger partial charge in [-0.1, -0.05) is 30.7 Å². The van der Waals surface area contributed by atoms with Crippen molar-refractivity contribution < 1.29 is 9.53 Å². The van der Waals surface area contributed by atoms with Gasteiger partial charge in [-0.05, 0) is 30.9 Å². The second-order valence-corrected chi connectivity index (χ2v) is 7.16. The Morgan fingerprint density at radius 3 is 2.96 bits per heavy atom. The van der Waals surface area contributed by atoms with Crippen LogP contribution in [-0.2, 0) is 22.6 Å². The molecule has 0 spiro atoms. The standard InChI is InChI=1S/C19H29N3O2/c1-14-12-22(8-9-24-14)13-16-5-2-4-15(10-16)11-21-19(23)17-6-3-7-18(17)20/h2,4-5,10,14,17-18H,3,6-9,11-13,20H2,1H3,(H,21,23)/t14-,17+,18-/m1/s1. The van der Waals surface area contributed by atoms with E-state index in [9.17, 15) is 4.79 Å². The minimum absolute atomic E-state index is 0.0111. The summed E-state index contributed by atoms with van der Waals surface area (Å²) in [6.45, 7) is 6.38. The van der Waals surface area contributed by atoms with Crippen molar-refractivity contribution in [2.24, 2.45) is 11.7 Å². The first-order chi connectivity index (χ1) is 11.6. The lowest BCUT2D eigenvalue weighted by atomic mass is 10.0. The molecule has 1 aliphatic heterocycles. The number of hydrogen-bond donors (Lipinski definition) is 2. The van der Waals surface area contributed by atoms with Crippen LogP contribution in [-0.4, -0.2) is 42.6 Å². The maximum absolute atomic E-state index is 12.3. The number of carbonyl (C=O) groups is 1. The highest BCUT2D eigenvalue weighted by Gasteiger charge is 2.29. The van der Waals surface area contributed by atoms with E-state index in [0.29, 0.717) is 12.6 Å². The molecule has 0 radical (unpaired) electrons. The molecule has 5 nitrogen and oxygen atoms in total. The van der Waals surface area contributed by atoms with Crippen LogP contribution in [0.15, 0.2) is 24.3 Å². The molecule has 1 saturated carbocycles. The summed E-state index contributed by atoms with van der Waals surface area (Å²) in [6.07, 6.45) is 3.25. The number of benzene rings is 1. The molecule has 0 bridgehead atoms. The molecule has 1 aliphatic carbocycles. The first kappa shape index (κ1) is 17.4. The average Bonchev–Trinajstić information content (AvgIpc) is 2.99. The lowest BCUT2D eigenvalue weighted by Gasteiger charge is -2.31. The first-order valence-corrected chi connectivity index (χ1v) is 9.07. The molecule has 1 amide bonds. The number of hydrogen-bond acceptors (Lipinski definition) is 4. The van der Waals surface area contributed by atoms with Crippen molar-refractivity contribution in [2.75, 3.05) is 19.7 Å². The van der Waals surface area contributed by atoms with Gasteiger partial charge in [0.1, 0.15) is 0 Å². The van der Waals surface area contributed by atoms with Crippen molar-refractivity contribution in [3.63, 3.8) is 0 Å². The molecule has 5 heteroatoms. The summed E-state index contributed by atoms with van der Waals surface area (Å²) in [5.74, 6) is 0.0930. The normalized spacial score (nSPS) is 28.0. The molecule has 1 heterocycles. The van der Waals surface area contributed by atoms with E-state index in [2.05, 4.69) is 41.4 Å². The van der Waals surface area contributed by atoms with E-state index >= 15 is 0 Å². The number of nitrogens with one attached hydrogen (secondary N) is 1. The van der Waals surface area contributed by atoms with Crippen molar-refractivity contribution >= 4 is 5.91 Å². The third kappa shape index (κ3) is 4.56. The fourth-order valence-corrected chi connectivity index (χ4v) is 3.76. The molecule has 3 atom stereocenters. The van der Waals surface area contributed by atoms with Crippen molar-refractivity contribution in [2.45, 2.75) is 51.4 Å². The summed E-state index contributed by atoms with van der Waals surface area (Å²) >= 11 is 0. The van der Waals surface area contributed by atoms with Gasteiger partial charge in [-0.25, -0.2) is 0 Å². The van der Waals surface area contributed by atoms with Crippen LogP contribution < -0.4 is 11.1 Å². The van der Waals surface area contributed by atoms with Crippen LogP contribution in [0.3, 0.4) is 0 Å². The summed E-state index contributed by atoms with van der Waals surface area (Å²) in [5.41, 5.74) is 8.44. The smallest absolute Gasteiger partial charge is 0.224 e.